The van der Waals surface area contributed by atoms with E-state index in [0.717, 1.165) is 12.0 Å². The standard InChI is InChI=1S/C17H24N2O3/c1-4-22-16(20)10-7-14-5-8-15(9-6-14)19-17(21)18-12-11-13(2)3/h5-10,13H,4,11-12H2,1-3H3,(H2,18,19,21)/b10-7+. The zero-order valence-electron chi connectivity index (χ0n) is 13.4. The van der Waals surface area contributed by atoms with Crippen LogP contribution in [0.2, 0.25) is 0 Å². The van der Waals surface area contributed by atoms with E-state index in [2.05, 4.69) is 24.5 Å². The van der Waals surface area contributed by atoms with E-state index in [1.807, 2.05) is 12.1 Å². The van der Waals surface area contributed by atoms with E-state index in [4.69, 9.17) is 4.74 Å². The monoisotopic (exact) mass is 304 g/mol. The Kier molecular flexibility index (Phi) is 7.75. The molecule has 0 aliphatic carbocycles. The van der Waals surface area contributed by atoms with Gasteiger partial charge >= 0.3 is 12.0 Å². The first kappa shape index (κ1) is 17.8. The van der Waals surface area contributed by atoms with Crippen molar-refractivity contribution >= 4 is 23.8 Å². The summed E-state index contributed by atoms with van der Waals surface area (Å²) < 4.78 is 4.80. The average Bonchev–Trinajstić information content (AvgIpc) is 2.46. The van der Waals surface area contributed by atoms with Crippen molar-refractivity contribution in [2.75, 3.05) is 18.5 Å². The van der Waals surface area contributed by atoms with E-state index in [1.54, 1.807) is 25.1 Å². The lowest BCUT2D eigenvalue weighted by Crippen LogP contribution is -2.30. The maximum absolute atomic E-state index is 11.7. The van der Waals surface area contributed by atoms with Crippen LogP contribution in [0.3, 0.4) is 0 Å². The van der Waals surface area contributed by atoms with E-state index in [-0.39, 0.29) is 12.0 Å². The largest absolute Gasteiger partial charge is 0.463 e. The molecule has 0 saturated carbocycles. The third-order valence-corrected chi connectivity index (χ3v) is 2.87. The molecule has 5 nitrogen and oxygen atoms in total. The number of anilines is 1. The molecule has 5 heteroatoms. The molecule has 0 aliphatic rings. The normalized spacial score (nSPS) is 10.7. The predicted molar refractivity (Wildman–Crippen MR) is 88.6 cm³/mol. The highest BCUT2D eigenvalue weighted by Crippen LogP contribution is 2.10. The molecule has 0 atom stereocenters. The van der Waals surface area contributed by atoms with Gasteiger partial charge in [0.1, 0.15) is 0 Å². The molecule has 0 radical (unpaired) electrons. The highest BCUT2D eigenvalue weighted by Gasteiger charge is 2.02. The fourth-order valence-corrected chi connectivity index (χ4v) is 1.68. The van der Waals surface area contributed by atoms with Crippen LogP contribution in [0.4, 0.5) is 10.5 Å². The molecule has 120 valence electrons. The number of amides is 2. The van der Waals surface area contributed by atoms with Crippen LogP contribution < -0.4 is 10.6 Å². The van der Waals surface area contributed by atoms with Gasteiger partial charge < -0.3 is 15.4 Å². The summed E-state index contributed by atoms with van der Waals surface area (Å²) in [7, 11) is 0. The molecule has 0 heterocycles. The minimum atomic E-state index is -0.366. The summed E-state index contributed by atoms with van der Waals surface area (Å²) in [4.78, 5) is 22.9. The van der Waals surface area contributed by atoms with Crippen LogP contribution in [0.1, 0.15) is 32.8 Å². The maximum atomic E-state index is 11.7. The summed E-state index contributed by atoms with van der Waals surface area (Å²) in [6.07, 6.45) is 4.00. The fourth-order valence-electron chi connectivity index (χ4n) is 1.68. The molecule has 0 saturated heterocycles. The lowest BCUT2D eigenvalue weighted by atomic mass is 10.1. The molecule has 0 aromatic heterocycles. The molecule has 0 fully saturated rings. The van der Waals surface area contributed by atoms with Crippen molar-refractivity contribution in [3.05, 3.63) is 35.9 Å². The molecular weight excluding hydrogens is 280 g/mol. The highest BCUT2D eigenvalue weighted by atomic mass is 16.5. The molecule has 0 unspecified atom stereocenters. The number of urea groups is 1. The van der Waals surface area contributed by atoms with Crippen LogP contribution in [-0.2, 0) is 9.53 Å². The second kappa shape index (κ2) is 9.60. The second-order valence-corrected chi connectivity index (χ2v) is 5.27. The summed E-state index contributed by atoms with van der Waals surface area (Å²) in [5.74, 6) is 0.194. The van der Waals surface area contributed by atoms with Crippen molar-refractivity contribution in [1.29, 1.82) is 0 Å². The number of rotatable bonds is 7. The summed E-state index contributed by atoms with van der Waals surface area (Å²) in [6.45, 7) is 7.00. The van der Waals surface area contributed by atoms with E-state index in [1.165, 1.54) is 6.08 Å². The van der Waals surface area contributed by atoms with Crippen molar-refractivity contribution in [1.82, 2.24) is 5.32 Å². The summed E-state index contributed by atoms with van der Waals surface area (Å²) in [5, 5.41) is 5.57. The summed E-state index contributed by atoms with van der Waals surface area (Å²) in [6, 6.07) is 6.99. The van der Waals surface area contributed by atoms with Gasteiger partial charge in [-0.2, -0.15) is 0 Å². The molecule has 0 aliphatic heterocycles. The average molecular weight is 304 g/mol. The Labute approximate surface area is 131 Å². The Balaban J connectivity index is 2.44. The van der Waals surface area contributed by atoms with Crippen LogP contribution in [-0.4, -0.2) is 25.2 Å². The SMILES string of the molecule is CCOC(=O)/C=C/c1ccc(NC(=O)NCCC(C)C)cc1. The van der Waals surface area contributed by atoms with Crippen molar-refractivity contribution in [2.45, 2.75) is 27.2 Å². The van der Waals surface area contributed by atoms with Crippen LogP contribution in [0.15, 0.2) is 30.3 Å². The van der Waals surface area contributed by atoms with Crippen molar-refractivity contribution < 1.29 is 14.3 Å². The quantitative estimate of drug-likeness (QED) is 0.599. The number of carbonyl (C=O) groups excluding carboxylic acids is 2. The number of esters is 1. The van der Waals surface area contributed by atoms with Crippen LogP contribution in [0.5, 0.6) is 0 Å². The minimum Gasteiger partial charge on any atom is -0.463 e. The van der Waals surface area contributed by atoms with Gasteiger partial charge in [-0.3, -0.25) is 0 Å². The number of carbonyl (C=O) groups is 2. The van der Waals surface area contributed by atoms with Gasteiger partial charge in [-0.15, -0.1) is 0 Å². The van der Waals surface area contributed by atoms with Crippen LogP contribution >= 0.6 is 0 Å². The first-order valence-electron chi connectivity index (χ1n) is 7.51. The molecule has 22 heavy (non-hydrogen) atoms. The smallest absolute Gasteiger partial charge is 0.330 e. The van der Waals surface area contributed by atoms with Crippen molar-refractivity contribution in [3.63, 3.8) is 0 Å². The van der Waals surface area contributed by atoms with Gasteiger partial charge in [0.2, 0.25) is 0 Å². The van der Waals surface area contributed by atoms with E-state index < -0.39 is 0 Å². The lowest BCUT2D eigenvalue weighted by Gasteiger charge is -2.09. The second-order valence-electron chi connectivity index (χ2n) is 5.27. The van der Waals surface area contributed by atoms with Gasteiger partial charge in [-0.25, -0.2) is 9.59 Å². The number of hydrogen-bond donors (Lipinski definition) is 2. The molecule has 2 amide bonds. The zero-order valence-corrected chi connectivity index (χ0v) is 13.4. The number of hydrogen-bond acceptors (Lipinski definition) is 3. The van der Waals surface area contributed by atoms with E-state index in [9.17, 15) is 9.59 Å². The zero-order chi connectivity index (χ0) is 16.4. The minimum absolute atomic E-state index is 0.213. The number of ether oxygens (including phenoxy) is 1. The lowest BCUT2D eigenvalue weighted by molar-refractivity contribution is -0.137. The molecule has 2 N–H and O–H groups in total. The van der Waals surface area contributed by atoms with Gasteiger partial charge in [0, 0.05) is 18.3 Å². The van der Waals surface area contributed by atoms with Crippen LogP contribution in [0.25, 0.3) is 6.08 Å². The van der Waals surface area contributed by atoms with Gasteiger partial charge in [0.05, 0.1) is 6.61 Å². The summed E-state index contributed by atoms with van der Waals surface area (Å²) >= 11 is 0. The molecule has 0 spiro atoms. The van der Waals surface area contributed by atoms with Crippen molar-refractivity contribution in [2.24, 2.45) is 5.92 Å². The van der Waals surface area contributed by atoms with E-state index >= 15 is 0 Å². The van der Waals surface area contributed by atoms with Gasteiger partial charge in [0.25, 0.3) is 0 Å². The third-order valence-electron chi connectivity index (χ3n) is 2.87. The Hall–Kier alpha value is -2.30. The number of benzene rings is 1. The van der Waals surface area contributed by atoms with Gasteiger partial charge in [-0.05, 0) is 43.0 Å². The van der Waals surface area contributed by atoms with Gasteiger partial charge in [-0.1, -0.05) is 26.0 Å². The van der Waals surface area contributed by atoms with Crippen LogP contribution in [0, 0.1) is 5.92 Å². The first-order chi connectivity index (χ1) is 10.5. The number of nitrogens with one attached hydrogen (secondary N) is 2. The summed E-state index contributed by atoms with van der Waals surface area (Å²) in [5.41, 5.74) is 1.56. The van der Waals surface area contributed by atoms with Crippen molar-refractivity contribution in [3.8, 4) is 0 Å². The Morgan fingerprint density at radius 3 is 2.50 bits per heavy atom. The molecular formula is C17H24N2O3. The first-order valence-corrected chi connectivity index (χ1v) is 7.51. The predicted octanol–water partition coefficient (Wildman–Crippen LogP) is 3.43. The Bertz CT molecular complexity index is 507. The van der Waals surface area contributed by atoms with Gasteiger partial charge in [0.15, 0.2) is 0 Å². The molecule has 1 rings (SSSR count). The fraction of sp³-hybridized carbons (Fsp3) is 0.412. The highest BCUT2D eigenvalue weighted by molar-refractivity contribution is 5.90. The third kappa shape index (κ3) is 7.47. The molecule has 1 aromatic rings. The molecule has 1 aromatic carbocycles. The maximum Gasteiger partial charge on any atom is 0.330 e. The topological polar surface area (TPSA) is 67.4 Å². The van der Waals surface area contributed by atoms with E-state index in [0.29, 0.717) is 24.8 Å². The molecule has 0 bridgehead atoms. The Morgan fingerprint density at radius 2 is 1.91 bits per heavy atom. The Morgan fingerprint density at radius 1 is 1.23 bits per heavy atom.